The summed E-state index contributed by atoms with van der Waals surface area (Å²) in [7, 11) is 2.12. The number of piperazine rings is 1. The monoisotopic (exact) mass is 315 g/mol. The zero-order valence-corrected chi connectivity index (χ0v) is 12.2. The van der Waals surface area contributed by atoms with Crippen molar-refractivity contribution in [3.63, 3.8) is 0 Å². The molecule has 1 heterocycles. The van der Waals surface area contributed by atoms with E-state index in [-0.39, 0.29) is 11.9 Å². The Labute approximate surface area is 116 Å². The van der Waals surface area contributed by atoms with Gasteiger partial charge in [-0.2, -0.15) is 0 Å². The van der Waals surface area contributed by atoms with Crippen LogP contribution in [0.5, 0.6) is 0 Å². The summed E-state index contributed by atoms with van der Waals surface area (Å²) in [6.07, 6.45) is 0. The summed E-state index contributed by atoms with van der Waals surface area (Å²) in [5.74, 6) is -0.208. The van der Waals surface area contributed by atoms with Crippen LogP contribution in [-0.4, -0.2) is 49.6 Å². The molecule has 1 aliphatic rings. The Morgan fingerprint density at radius 1 is 1.33 bits per heavy atom. The molecule has 100 valence electrons. The number of nitrogens with zero attached hydrogens (tertiary/aromatic N) is 2. The number of halogens is 2. The molecular formula is C13H19BrFN3. The second-order valence-electron chi connectivity index (χ2n) is 4.76. The van der Waals surface area contributed by atoms with Crippen molar-refractivity contribution in [3.8, 4) is 0 Å². The lowest BCUT2D eigenvalue weighted by atomic mass is 10.0. The topological polar surface area (TPSA) is 32.5 Å². The number of likely N-dealkylation sites (N-methyl/N-ethyl adjacent to an activating group) is 1. The highest BCUT2D eigenvalue weighted by molar-refractivity contribution is 9.10. The highest BCUT2D eigenvalue weighted by Gasteiger charge is 2.24. The lowest BCUT2D eigenvalue weighted by molar-refractivity contribution is 0.114. The van der Waals surface area contributed by atoms with Gasteiger partial charge in [-0.3, -0.25) is 4.90 Å². The first-order valence-electron chi connectivity index (χ1n) is 6.19. The highest BCUT2D eigenvalue weighted by Crippen LogP contribution is 2.28. The minimum atomic E-state index is -0.208. The molecule has 1 aromatic carbocycles. The molecule has 18 heavy (non-hydrogen) atoms. The minimum absolute atomic E-state index is 0.0868. The van der Waals surface area contributed by atoms with E-state index in [1.165, 1.54) is 6.07 Å². The molecule has 0 bridgehead atoms. The molecule has 2 rings (SSSR count). The van der Waals surface area contributed by atoms with Gasteiger partial charge in [0.1, 0.15) is 5.82 Å². The van der Waals surface area contributed by atoms with E-state index in [1.54, 1.807) is 12.1 Å². The van der Waals surface area contributed by atoms with E-state index in [4.69, 9.17) is 5.73 Å². The summed E-state index contributed by atoms with van der Waals surface area (Å²) in [5, 5.41) is 0. The van der Waals surface area contributed by atoms with Crippen LogP contribution in [0.1, 0.15) is 11.6 Å². The van der Waals surface area contributed by atoms with Crippen LogP contribution in [0.4, 0.5) is 4.39 Å². The average Bonchev–Trinajstić information content (AvgIpc) is 2.37. The SMILES string of the molecule is CN1CCN(C(CN)c2cc(F)ccc2Br)CC1. The van der Waals surface area contributed by atoms with Crippen molar-refractivity contribution in [1.29, 1.82) is 0 Å². The molecule has 0 spiro atoms. The van der Waals surface area contributed by atoms with Crippen LogP contribution in [0, 0.1) is 5.82 Å². The van der Waals surface area contributed by atoms with Crippen molar-refractivity contribution in [3.05, 3.63) is 34.1 Å². The lowest BCUT2D eigenvalue weighted by Crippen LogP contribution is -2.47. The first-order chi connectivity index (χ1) is 8.61. The van der Waals surface area contributed by atoms with E-state index >= 15 is 0 Å². The van der Waals surface area contributed by atoms with Gasteiger partial charge in [0.2, 0.25) is 0 Å². The summed E-state index contributed by atoms with van der Waals surface area (Å²) in [4.78, 5) is 4.63. The molecule has 1 atom stereocenters. The lowest BCUT2D eigenvalue weighted by Gasteiger charge is -2.38. The Morgan fingerprint density at radius 2 is 2.00 bits per heavy atom. The van der Waals surface area contributed by atoms with Crippen LogP contribution in [0.15, 0.2) is 22.7 Å². The number of hydrogen-bond acceptors (Lipinski definition) is 3. The van der Waals surface area contributed by atoms with E-state index in [2.05, 4.69) is 32.8 Å². The molecule has 1 saturated heterocycles. The fraction of sp³-hybridized carbons (Fsp3) is 0.538. The van der Waals surface area contributed by atoms with Gasteiger partial charge < -0.3 is 10.6 Å². The first kappa shape index (κ1) is 13.9. The Kier molecular flexibility index (Phi) is 4.72. The van der Waals surface area contributed by atoms with Gasteiger partial charge in [0.15, 0.2) is 0 Å². The average molecular weight is 316 g/mol. The Balaban J connectivity index is 2.19. The van der Waals surface area contributed by atoms with Crippen LogP contribution in [0.3, 0.4) is 0 Å². The number of rotatable bonds is 3. The first-order valence-corrected chi connectivity index (χ1v) is 6.98. The van der Waals surface area contributed by atoms with Gasteiger partial charge in [-0.25, -0.2) is 4.39 Å². The van der Waals surface area contributed by atoms with Gasteiger partial charge in [-0.15, -0.1) is 0 Å². The van der Waals surface area contributed by atoms with E-state index in [1.807, 2.05) is 0 Å². The summed E-state index contributed by atoms with van der Waals surface area (Å²) in [6, 6.07) is 4.89. The van der Waals surface area contributed by atoms with Crippen LogP contribution < -0.4 is 5.73 Å². The molecule has 1 aromatic rings. The van der Waals surface area contributed by atoms with Gasteiger partial charge in [0.25, 0.3) is 0 Å². The van der Waals surface area contributed by atoms with Crippen molar-refractivity contribution in [2.75, 3.05) is 39.8 Å². The van der Waals surface area contributed by atoms with Crippen LogP contribution in [0.2, 0.25) is 0 Å². The van der Waals surface area contributed by atoms with Crippen molar-refractivity contribution in [1.82, 2.24) is 9.80 Å². The maximum atomic E-state index is 13.4. The zero-order chi connectivity index (χ0) is 13.1. The molecule has 1 unspecified atom stereocenters. The van der Waals surface area contributed by atoms with Gasteiger partial charge in [-0.05, 0) is 30.8 Å². The van der Waals surface area contributed by atoms with Gasteiger partial charge in [0, 0.05) is 43.2 Å². The fourth-order valence-corrected chi connectivity index (χ4v) is 2.89. The fourth-order valence-electron chi connectivity index (χ4n) is 2.38. The molecule has 0 radical (unpaired) electrons. The predicted octanol–water partition coefficient (Wildman–Crippen LogP) is 1.84. The molecule has 1 fully saturated rings. The maximum Gasteiger partial charge on any atom is 0.123 e. The quantitative estimate of drug-likeness (QED) is 0.923. The Hall–Kier alpha value is -0.490. The number of benzene rings is 1. The molecule has 0 aromatic heterocycles. The third-order valence-corrected chi connectivity index (χ3v) is 4.24. The molecular weight excluding hydrogens is 297 g/mol. The Morgan fingerprint density at radius 3 is 2.61 bits per heavy atom. The summed E-state index contributed by atoms with van der Waals surface area (Å²) in [6.45, 7) is 4.52. The third-order valence-electron chi connectivity index (χ3n) is 3.52. The highest BCUT2D eigenvalue weighted by atomic mass is 79.9. The molecule has 1 aliphatic heterocycles. The van der Waals surface area contributed by atoms with Gasteiger partial charge in [0.05, 0.1) is 0 Å². The third kappa shape index (κ3) is 3.09. The zero-order valence-electron chi connectivity index (χ0n) is 10.6. The molecule has 3 nitrogen and oxygen atoms in total. The second-order valence-corrected chi connectivity index (χ2v) is 5.61. The maximum absolute atomic E-state index is 13.4. The number of hydrogen-bond donors (Lipinski definition) is 1. The molecule has 0 amide bonds. The van der Waals surface area contributed by atoms with Crippen LogP contribution in [-0.2, 0) is 0 Å². The van der Waals surface area contributed by atoms with Crippen LogP contribution >= 0.6 is 15.9 Å². The van der Waals surface area contributed by atoms with E-state index in [0.29, 0.717) is 6.54 Å². The van der Waals surface area contributed by atoms with E-state index < -0.39 is 0 Å². The van der Waals surface area contributed by atoms with Crippen LogP contribution in [0.25, 0.3) is 0 Å². The predicted molar refractivity (Wildman–Crippen MR) is 75.0 cm³/mol. The van der Waals surface area contributed by atoms with Gasteiger partial charge in [-0.1, -0.05) is 15.9 Å². The summed E-state index contributed by atoms with van der Waals surface area (Å²) in [5.41, 5.74) is 6.84. The summed E-state index contributed by atoms with van der Waals surface area (Å²) >= 11 is 3.49. The van der Waals surface area contributed by atoms with Crippen molar-refractivity contribution >= 4 is 15.9 Å². The summed E-state index contributed by atoms with van der Waals surface area (Å²) < 4.78 is 14.3. The minimum Gasteiger partial charge on any atom is -0.329 e. The number of nitrogens with two attached hydrogens (primary N) is 1. The normalized spacial score (nSPS) is 20.0. The Bertz CT molecular complexity index is 405. The van der Waals surface area contributed by atoms with Crippen molar-refractivity contribution < 1.29 is 4.39 Å². The molecule has 5 heteroatoms. The van der Waals surface area contributed by atoms with Gasteiger partial charge >= 0.3 is 0 Å². The standard InChI is InChI=1S/C13H19BrFN3/c1-17-4-6-18(7-5-17)13(9-16)11-8-10(15)2-3-12(11)14/h2-3,8,13H,4-7,9,16H2,1H3. The van der Waals surface area contributed by atoms with Crippen molar-refractivity contribution in [2.24, 2.45) is 5.73 Å². The smallest absolute Gasteiger partial charge is 0.123 e. The molecule has 0 saturated carbocycles. The largest absolute Gasteiger partial charge is 0.329 e. The van der Waals surface area contributed by atoms with Crippen molar-refractivity contribution in [2.45, 2.75) is 6.04 Å². The van der Waals surface area contributed by atoms with E-state index in [0.717, 1.165) is 36.2 Å². The second kappa shape index (κ2) is 6.10. The molecule has 2 N–H and O–H groups in total. The molecule has 0 aliphatic carbocycles. The van der Waals surface area contributed by atoms with E-state index in [9.17, 15) is 4.39 Å².